The van der Waals surface area contributed by atoms with E-state index in [0.29, 0.717) is 0 Å². The van der Waals surface area contributed by atoms with E-state index < -0.39 is 18.6 Å². The molecular weight excluding hydrogens is 220 g/mol. The fourth-order valence-electron chi connectivity index (χ4n) is 1.02. The van der Waals surface area contributed by atoms with E-state index in [1.807, 2.05) is 0 Å². The number of esters is 1. The second kappa shape index (κ2) is 4.89. The second-order valence-electron chi connectivity index (χ2n) is 2.96. The van der Waals surface area contributed by atoms with Gasteiger partial charge in [-0.3, -0.25) is 0 Å². The maximum Gasteiger partial charge on any atom is 0.410 e. The van der Waals surface area contributed by atoms with Crippen LogP contribution in [0.15, 0.2) is 24.3 Å². The van der Waals surface area contributed by atoms with Crippen LogP contribution in [0.1, 0.15) is 10.4 Å². The highest BCUT2D eigenvalue weighted by molar-refractivity contribution is 5.89. The maximum absolute atomic E-state index is 12.8. The van der Waals surface area contributed by atoms with Gasteiger partial charge in [0.05, 0.1) is 19.2 Å². The molecule has 0 aliphatic heterocycles. The van der Waals surface area contributed by atoms with Gasteiger partial charge in [0.2, 0.25) is 0 Å². The van der Waals surface area contributed by atoms with E-state index in [1.54, 1.807) is 0 Å². The molecule has 88 valence electrons. The van der Waals surface area contributed by atoms with Gasteiger partial charge in [0, 0.05) is 0 Å². The van der Waals surface area contributed by atoms with Crippen molar-refractivity contribution >= 4 is 5.97 Å². The number of rotatable bonds is 4. The average molecular weight is 231 g/mol. The summed E-state index contributed by atoms with van der Waals surface area (Å²) in [6.07, 6.45) is -3.45. The van der Waals surface area contributed by atoms with Crippen molar-refractivity contribution in [2.45, 2.75) is 6.11 Å². The molecule has 0 aliphatic rings. The molecule has 1 aromatic carbocycles. The summed E-state index contributed by atoms with van der Waals surface area (Å²) in [6.45, 7) is -0.935. The van der Waals surface area contributed by atoms with Crippen LogP contribution in [0.5, 0.6) is 5.75 Å². The molecule has 0 fully saturated rings. The van der Waals surface area contributed by atoms with Gasteiger partial charge < -0.3 is 15.2 Å². The molecule has 0 spiro atoms. The first-order valence-electron chi connectivity index (χ1n) is 4.44. The summed E-state index contributed by atoms with van der Waals surface area (Å²) in [5, 5.41) is 0. The van der Waals surface area contributed by atoms with Crippen LogP contribution in [-0.2, 0) is 4.74 Å². The van der Waals surface area contributed by atoms with E-state index in [1.165, 1.54) is 25.3 Å². The van der Waals surface area contributed by atoms with Gasteiger partial charge in [-0.2, -0.15) is 8.78 Å². The van der Waals surface area contributed by atoms with Crippen LogP contribution in [-0.4, -0.2) is 25.7 Å². The van der Waals surface area contributed by atoms with Crippen molar-refractivity contribution in [2.24, 2.45) is 5.73 Å². The fraction of sp³-hybridized carbons (Fsp3) is 0.300. The number of hydrogen-bond acceptors (Lipinski definition) is 4. The van der Waals surface area contributed by atoms with Crippen molar-refractivity contribution in [3.63, 3.8) is 0 Å². The quantitative estimate of drug-likeness (QED) is 0.796. The molecule has 0 amide bonds. The zero-order valence-electron chi connectivity index (χ0n) is 8.57. The molecule has 1 rings (SSSR count). The van der Waals surface area contributed by atoms with Crippen LogP contribution in [0.4, 0.5) is 8.78 Å². The first-order chi connectivity index (χ1) is 7.48. The van der Waals surface area contributed by atoms with Crippen LogP contribution < -0.4 is 10.5 Å². The molecule has 0 radical (unpaired) electrons. The molecule has 6 heteroatoms. The van der Waals surface area contributed by atoms with Crippen molar-refractivity contribution in [3.05, 3.63) is 29.8 Å². The minimum Gasteiger partial charge on any atom is -0.465 e. The van der Waals surface area contributed by atoms with E-state index >= 15 is 0 Å². The molecule has 4 nitrogen and oxygen atoms in total. The number of methoxy groups -OCH3 is 1. The monoisotopic (exact) mass is 231 g/mol. The van der Waals surface area contributed by atoms with Gasteiger partial charge in [-0.1, -0.05) is 6.07 Å². The third kappa shape index (κ3) is 3.16. The number of halogens is 2. The van der Waals surface area contributed by atoms with Crippen LogP contribution >= 0.6 is 0 Å². The minimum atomic E-state index is -3.45. The number of ether oxygens (including phenoxy) is 2. The molecule has 0 bridgehead atoms. The minimum absolute atomic E-state index is 0.132. The summed E-state index contributed by atoms with van der Waals surface area (Å²) in [5.74, 6) is -0.764. The van der Waals surface area contributed by atoms with E-state index in [0.717, 1.165) is 6.07 Å². The number of carbonyl (C=O) groups is 1. The predicted molar refractivity (Wildman–Crippen MR) is 52.4 cm³/mol. The number of hydrogen-bond donors (Lipinski definition) is 1. The van der Waals surface area contributed by atoms with Gasteiger partial charge in [0.15, 0.2) is 0 Å². The van der Waals surface area contributed by atoms with Gasteiger partial charge in [-0.05, 0) is 18.2 Å². The molecule has 1 aromatic rings. The highest BCUT2D eigenvalue weighted by atomic mass is 19.3. The summed E-state index contributed by atoms with van der Waals surface area (Å²) in [5.41, 5.74) is 4.94. The molecule has 0 heterocycles. The van der Waals surface area contributed by atoms with Crippen LogP contribution in [0, 0.1) is 0 Å². The maximum atomic E-state index is 12.8. The van der Waals surface area contributed by atoms with Crippen molar-refractivity contribution < 1.29 is 23.0 Å². The first-order valence-corrected chi connectivity index (χ1v) is 4.44. The average Bonchev–Trinajstić information content (AvgIpc) is 2.28. The van der Waals surface area contributed by atoms with Crippen LogP contribution in [0.3, 0.4) is 0 Å². The van der Waals surface area contributed by atoms with Gasteiger partial charge >= 0.3 is 12.1 Å². The number of alkyl halides is 2. The lowest BCUT2D eigenvalue weighted by atomic mass is 10.2. The summed E-state index contributed by atoms with van der Waals surface area (Å²) >= 11 is 0. The Morgan fingerprint density at radius 1 is 1.50 bits per heavy atom. The Labute approximate surface area is 91.0 Å². The fourth-order valence-corrected chi connectivity index (χ4v) is 1.02. The topological polar surface area (TPSA) is 61.5 Å². The molecule has 2 N–H and O–H groups in total. The van der Waals surface area contributed by atoms with E-state index in [9.17, 15) is 13.6 Å². The molecule has 0 saturated heterocycles. The summed E-state index contributed by atoms with van der Waals surface area (Å²) in [7, 11) is 1.20. The van der Waals surface area contributed by atoms with Gasteiger partial charge in [-0.15, -0.1) is 0 Å². The number of benzene rings is 1. The summed E-state index contributed by atoms with van der Waals surface area (Å²) in [4.78, 5) is 11.1. The van der Waals surface area contributed by atoms with E-state index in [-0.39, 0.29) is 11.3 Å². The summed E-state index contributed by atoms with van der Waals surface area (Å²) in [6, 6.07) is 5.30. The Morgan fingerprint density at radius 3 is 2.75 bits per heavy atom. The molecule has 0 aliphatic carbocycles. The normalized spacial score (nSPS) is 11.0. The van der Waals surface area contributed by atoms with Gasteiger partial charge in [0.1, 0.15) is 5.75 Å². The standard InChI is InChI=1S/C10H11F2NO3/c1-15-9(14)7-3-2-4-8(5-7)16-10(11,12)6-13/h2-5H,6,13H2,1H3. The zero-order chi connectivity index (χ0) is 12.2. The third-order valence-corrected chi connectivity index (χ3v) is 1.76. The SMILES string of the molecule is COC(=O)c1cccc(OC(F)(F)CN)c1. The Bertz CT molecular complexity index is 382. The predicted octanol–water partition coefficient (Wildman–Crippen LogP) is 1.40. The van der Waals surface area contributed by atoms with Gasteiger partial charge in [0.25, 0.3) is 0 Å². The Hall–Kier alpha value is -1.69. The lowest BCUT2D eigenvalue weighted by Crippen LogP contribution is -2.34. The highest BCUT2D eigenvalue weighted by Gasteiger charge is 2.29. The van der Waals surface area contributed by atoms with Crippen molar-refractivity contribution in [1.29, 1.82) is 0 Å². The van der Waals surface area contributed by atoms with Crippen LogP contribution in [0.25, 0.3) is 0 Å². The van der Waals surface area contributed by atoms with Crippen LogP contribution in [0.2, 0.25) is 0 Å². The van der Waals surface area contributed by atoms with E-state index in [2.05, 4.69) is 9.47 Å². The third-order valence-electron chi connectivity index (χ3n) is 1.76. The Balaban J connectivity index is 2.87. The smallest absolute Gasteiger partial charge is 0.410 e. The first kappa shape index (κ1) is 12.4. The largest absolute Gasteiger partial charge is 0.465 e. The van der Waals surface area contributed by atoms with E-state index in [4.69, 9.17) is 5.73 Å². The lowest BCUT2D eigenvalue weighted by Gasteiger charge is -2.15. The molecule has 0 saturated carbocycles. The summed E-state index contributed by atoms with van der Waals surface area (Å²) < 4.78 is 34.3. The van der Waals surface area contributed by atoms with Crippen molar-refractivity contribution in [3.8, 4) is 5.75 Å². The number of carbonyl (C=O) groups excluding carboxylic acids is 1. The molecule has 0 aromatic heterocycles. The second-order valence-corrected chi connectivity index (χ2v) is 2.96. The highest BCUT2D eigenvalue weighted by Crippen LogP contribution is 2.21. The van der Waals surface area contributed by atoms with Gasteiger partial charge in [-0.25, -0.2) is 4.79 Å². The molecule has 0 unspecified atom stereocenters. The van der Waals surface area contributed by atoms with Crippen molar-refractivity contribution in [1.82, 2.24) is 0 Å². The lowest BCUT2D eigenvalue weighted by molar-refractivity contribution is -0.166. The molecule has 16 heavy (non-hydrogen) atoms. The van der Waals surface area contributed by atoms with Crippen molar-refractivity contribution in [2.75, 3.05) is 13.7 Å². The molecular formula is C10H11F2NO3. The Kier molecular flexibility index (Phi) is 3.78. The molecule has 0 atom stereocenters. The zero-order valence-corrected chi connectivity index (χ0v) is 8.57. The Morgan fingerprint density at radius 2 is 2.19 bits per heavy atom. The number of nitrogens with two attached hydrogens (primary N) is 1.